The van der Waals surface area contributed by atoms with Gasteiger partial charge in [-0.2, -0.15) is 0 Å². The highest BCUT2D eigenvalue weighted by Gasteiger charge is 2.22. The van der Waals surface area contributed by atoms with Crippen LogP contribution in [0.2, 0.25) is 0 Å². The van der Waals surface area contributed by atoms with E-state index in [2.05, 4.69) is 182 Å². The Bertz CT molecular complexity index is 2610. The van der Waals surface area contributed by atoms with Crippen molar-refractivity contribution < 1.29 is 4.42 Å². The average Bonchev–Trinajstić information content (AvgIpc) is 3.52. The smallest absolute Gasteiger partial charge is 0.138 e. The highest BCUT2D eigenvalue weighted by Crippen LogP contribution is 2.46. The first-order valence-electron chi connectivity index (χ1n) is 16.8. The molecule has 0 spiro atoms. The molecule has 0 aliphatic rings. The summed E-state index contributed by atoms with van der Waals surface area (Å²) in [5.74, 6) is 0.899. The van der Waals surface area contributed by atoms with Crippen LogP contribution in [-0.2, 0) is 0 Å². The molecule has 0 saturated carbocycles. The summed E-state index contributed by atoms with van der Waals surface area (Å²) in [6, 6.07) is 65.1. The molecule has 2 nitrogen and oxygen atoms in total. The third-order valence-corrected chi connectivity index (χ3v) is 9.65. The lowest BCUT2D eigenvalue weighted by Crippen LogP contribution is -2.12. The second-order valence-electron chi connectivity index (χ2n) is 12.6. The van der Waals surface area contributed by atoms with E-state index >= 15 is 0 Å². The number of benzene rings is 8. The Kier molecular flexibility index (Phi) is 7.06. The van der Waals surface area contributed by atoms with Gasteiger partial charge in [0, 0.05) is 33.2 Å². The molecule has 0 amide bonds. The van der Waals surface area contributed by atoms with Crippen molar-refractivity contribution in [3.8, 4) is 33.6 Å². The maximum Gasteiger partial charge on any atom is 0.138 e. The van der Waals surface area contributed by atoms with Crippen molar-refractivity contribution in [2.24, 2.45) is 0 Å². The SMILES string of the molecule is Cc1c(-c2cccc(N(c3ccccc3-c3ccc(-c4ccccc4)cc3)c3cc4ccccc4c4ccccc34)c2)oc2ccccc12. The summed E-state index contributed by atoms with van der Waals surface area (Å²) in [6.45, 7) is 2.15. The Morgan fingerprint density at radius 3 is 1.84 bits per heavy atom. The van der Waals surface area contributed by atoms with Gasteiger partial charge >= 0.3 is 0 Å². The molecule has 0 saturated heterocycles. The molecule has 0 bridgehead atoms. The first-order valence-corrected chi connectivity index (χ1v) is 16.8. The molecule has 232 valence electrons. The molecule has 1 aromatic heterocycles. The van der Waals surface area contributed by atoms with E-state index in [0.29, 0.717) is 0 Å². The summed E-state index contributed by atoms with van der Waals surface area (Å²) in [5, 5.41) is 6.02. The van der Waals surface area contributed by atoms with Crippen molar-refractivity contribution in [3.05, 3.63) is 188 Å². The number of hydrogen-bond acceptors (Lipinski definition) is 2. The largest absolute Gasteiger partial charge is 0.456 e. The quantitative estimate of drug-likeness (QED) is 0.171. The number of aryl methyl sites for hydroxylation is 1. The summed E-state index contributed by atoms with van der Waals surface area (Å²) >= 11 is 0. The Labute approximate surface area is 286 Å². The van der Waals surface area contributed by atoms with Crippen LogP contribution in [0.15, 0.2) is 186 Å². The number of hydrogen-bond donors (Lipinski definition) is 0. The third-order valence-electron chi connectivity index (χ3n) is 9.65. The van der Waals surface area contributed by atoms with Gasteiger partial charge in [0.15, 0.2) is 0 Å². The highest BCUT2D eigenvalue weighted by atomic mass is 16.3. The molecule has 8 aromatic carbocycles. The third kappa shape index (κ3) is 5.06. The highest BCUT2D eigenvalue weighted by molar-refractivity contribution is 6.15. The van der Waals surface area contributed by atoms with Crippen molar-refractivity contribution in [1.29, 1.82) is 0 Å². The van der Waals surface area contributed by atoms with E-state index in [-0.39, 0.29) is 0 Å². The fraction of sp³-hybridized carbons (Fsp3) is 0.0213. The molecular weight excluding hydrogens is 595 g/mol. The second-order valence-corrected chi connectivity index (χ2v) is 12.6. The van der Waals surface area contributed by atoms with Crippen molar-refractivity contribution in [1.82, 2.24) is 0 Å². The number of rotatable bonds is 6. The van der Waals surface area contributed by atoms with Crippen LogP contribution >= 0.6 is 0 Å². The van der Waals surface area contributed by atoms with E-state index in [1.54, 1.807) is 0 Å². The van der Waals surface area contributed by atoms with E-state index in [9.17, 15) is 0 Å². The lowest BCUT2D eigenvalue weighted by Gasteiger charge is -2.30. The molecule has 1 heterocycles. The van der Waals surface area contributed by atoms with Gasteiger partial charge in [0.2, 0.25) is 0 Å². The molecule has 0 radical (unpaired) electrons. The van der Waals surface area contributed by atoms with Gasteiger partial charge in [0.25, 0.3) is 0 Å². The molecule has 9 rings (SSSR count). The van der Waals surface area contributed by atoms with Crippen molar-refractivity contribution in [2.75, 3.05) is 4.90 Å². The van der Waals surface area contributed by atoms with E-state index in [0.717, 1.165) is 56.0 Å². The molecule has 0 unspecified atom stereocenters. The molecule has 2 heteroatoms. The molecule has 0 N–H and O–H groups in total. The summed E-state index contributed by atoms with van der Waals surface area (Å²) in [5.41, 5.74) is 11.1. The van der Waals surface area contributed by atoms with Gasteiger partial charge < -0.3 is 9.32 Å². The maximum absolute atomic E-state index is 6.48. The van der Waals surface area contributed by atoms with Gasteiger partial charge in [-0.05, 0) is 70.1 Å². The van der Waals surface area contributed by atoms with Crippen LogP contribution in [0.5, 0.6) is 0 Å². The Balaban J connectivity index is 1.28. The number of para-hydroxylation sites is 2. The molecule has 49 heavy (non-hydrogen) atoms. The minimum atomic E-state index is 0.899. The first-order chi connectivity index (χ1) is 24.2. The summed E-state index contributed by atoms with van der Waals surface area (Å²) < 4.78 is 6.48. The number of anilines is 3. The van der Waals surface area contributed by atoms with Crippen LogP contribution in [0.1, 0.15) is 5.56 Å². The molecular formula is C47H33NO. The fourth-order valence-electron chi connectivity index (χ4n) is 7.25. The molecule has 0 fully saturated rings. The zero-order valence-corrected chi connectivity index (χ0v) is 27.2. The number of nitrogens with zero attached hydrogens (tertiary/aromatic N) is 1. The van der Waals surface area contributed by atoms with Gasteiger partial charge in [0.05, 0.1) is 11.4 Å². The van der Waals surface area contributed by atoms with Gasteiger partial charge in [0.1, 0.15) is 11.3 Å². The van der Waals surface area contributed by atoms with Crippen LogP contribution in [-0.4, -0.2) is 0 Å². The predicted molar refractivity (Wildman–Crippen MR) is 207 cm³/mol. The topological polar surface area (TPSA) is 16.4 Å². The normalized spacial score (nSPS) is 11.4. The van der Waals surface area contributed by atoms with Gasteiger partial charge in [-0.25, -0.2) is 0 Å². The molecule has 0 aliphatic carbocycles. The van der Waals surface area contributed by atoms with E-state index < -0.39 is 0 Å². The molecule has 9 aromatic rings. The zero-order valence-electron chi connectivity index (χ0n) is 27.2. The number of furan rings is 1. The van der Waals surface area contributed by atoms with E-state index in [1.807, 2.05) is 12.1 Å². The van der Waals surface area contributed by atoms with Gasteiger partial charge in [-0.3, -0.25) is 0 Å². The standard InChI is InChI=1S/C47H33NO/c1-32-39-19-10-12-25-46(39)49-47(32)37-17-13-18-38(30-37)48(45-31-36-16-5-6-20-40(36)42-22-7-8-23-43(42)45)44-24-11-9-21-41(44)35-28-26-34(27-29-35)33-14-3-2-4-15-33/h2-31H,1H3. The summed E-state index contributed by atoms with van der Waals surface area (Å²) in [7, 11) is 0. The van der Waals surface area contributed by atoms with E-state index in [1.165, 1.54) is 32.7 Å². The van der Waals surface area contributed by atoms with Crippen LogP contribution in [0.4, 0.5) is 17.1 Å². The minimum absolute atomic E-state index is 0.899. The fourth-order valence-corrected chi connectivity index (χ4v) is 7.25. The van der Waals surface area contributed by atoms with Crippen molar-refractivity contribution >= 4 is 49.6 Å². The average molecular weight is 628 g/mol. The minimum Gasteiger partial charge on any atom is -0.456 e. The maximum atomic E-state index is 6.48. The van der Waals surface area contributed by atoms with Gasteiger partial charge in [-0.1, -0.05) is 152 Å². The second kappa shape index (κ2) is 12.0. The van der Waals surface area contributed by atoms with Crippen molar-refractivity contribution in [2.45, 2.75) is 6.92 Å². The summed E-state index contributed by atoms with van der Waals surface area (Å²) in [6.07, 6.45) is 0. The Hall–Kier alpha value is -6.38. The Morgan fingerprint density at radius 2 is 1.02 bits per heavy atom. The molecule has 0 atom stereocenters. The van der Waals surface area contributed by atoms with Crippen LogP contribution in [0.3, 0.4) is 0 Å². The summed E-state index contributed by atoms with van der Waals surface area (Å²) in [4.78, 5) is 2.43. The van der Waals surface area contributed by atoms with Crippen LogP contribution in [0, 0.1) is 6.92 Å². The van der Waals surface area contributed by atoms with Gasteiger partial charge in [-0.15, -0.1) is 0 Å². The zero-order chi connectivity index (χ0) is 32.7. The van der Waals surface area contributed by atoms with E-state index in [4.69, 9.17) is 4.42 Å². The number of fused-ring (bicyclic) bond motifs is 4. The van der Waals surface area contributed by atoms with Crippen molar-refractivity contribution in [3.63, 3.8) is 0 Å². The molecule has 0 aliphatic heterocycles. The first kappa shape index (κ1) is 28.8. The lowest BCUT2D eigenvalue weighted by molar-refractivity contribution is 0.629. The predicted octanol–water partition coefficient (Wildman–Crippen LogP) is 13.5. The lowest BCUT2D eigenvalue weighted by atomic mass is 9.96. The van der Waals surface area contributed by atoms with Crippen LogP contribution in [0.25, 0.3) is 66.1 Å². The van der Waals surface area contributed by atoms with Crippen LogP contribution < -0.4 is 4.90 Å². The Morgan fingerprint density at radius 1 is 0.408 bits per heavy atom. The monoisotopic (exact) mass is 627 g/mol.